The van der Waals surface area contributed by atoms with Gasteiger partial charge in [0.1, 0.15) is 0 Å². The number of carboxylic acid groups (broad SMARTS) is 1. The zero-order valence-corrected chi connectivity index (χ0v) is 18.6. The van der Waals surface area contributed by atoms with Crippen LogP contribution in [0.4, 0.5) is 5.69 Å². The second-order valence-electron chi connectivity index (χ2n) is 7.70. The molecule has 0 spiro atoms. The van der Waals surface area contributed by atoms with E-state index >= 15 is 0 Å². The van der Waals surface area contributed by atoms with Crippen LogP contribution in [0.1, 0.15) is 21.5 Å². The van der Waals surface area contributed by atoms with E-state index in [4.69, 9.17) is 5.11 Å². The first kappa shape index (κ1) is 22.3. The lowest BCUT2D eigenvalue weighted by Crippen LogP contribution is -2.13. The van der Waals surface area contributed by atoms with Crippen molar-refractivity contribution in [3.63, 3.8) is 0 Å². The van der Waals surface area contributed by atoms with Gasteiger partial charge in [0.15, 0.2) is 0 Å². The standard InChI is InChI=1S/C27H23NO4S/c29-27(30)24-10-4-6-20(18-24)12-13-21-7-5-11-25(19-21)28-33(31,32)26-16-14-23(15-17-26)22-8-2-1-3-9-22/h1-11,14-19,28H,12-13H2,(H,29,30). The third-order valence-electron chi connectivity index (χ3n) is 5.33. The first-order chi connectivity index (χ1) is 15.9. The molecule has 33 heavy (non-hydrogen) atoms. The highest BCUT2D eigenvalue weighted by Gasteiger charge is 2.14. The number of carbonyl (C=O) groups is 1. The molecular weight excluding hydrogens is 434 g/mol. The summed E-state index contributed by atoms with van der Waals surface area (Å²) in [7, 11) is -3.73. The van der Waals surface area contributed by atoms with Gasteiger partial charge in [0.05, 0.1) is 10.5 Å². The average Bonchev–Trinajstić information content (AvgIpc) is 2.83. The van der Waals surface area contributed by atoms with Crippen molar-refractivity contribution in [1.82, 2.24) is 0 Å². The predicted octanol–water partition coefficient (Wildman–Crippen LogP) is 5.64. The van der Waals surface area contributed by atoms with Crippen LogP contribution in [0.5, 0.6) is 0 Å². The summed E-state index contributed by atoms with van der Waals surface area (Å²) in [4.78, 5) is 11.3. The Balaban J connectivity index is 1.45. The first-order valence-electron chi connectivity index (χ1n) is 10.5. The number of rotatable bonds is 8. The van der Waals surface area contributed by atoms with E-state index in [1.54, 1.807) is 60.7 Å². The van der Waals surface area contributed by atoms with Gasteiger partial charge in [-0.05, 0) is 71.5 Å². The Hall–Kier alpha value is -3.90. The fraction of sp³-hybridized carbons (Fsp3) is 0.0741. The van der Waals surface area contributed by atoms with Crippen molar-refractivity contribution in [3.05, 3.63) is 120 Å². The van der Waals surface area contributed by atoms with E-state index < -0.39 is 16.0 Å². The fourth-order valence-electron chi connectivity index (χ4n) is 3.61. The van der Waals surface area contributed by atoms with Crippen molar-refractivity contribution in [2.24, 2.45) is 0 Å². The summed E-state index contributed by atoms with van der Waals surface area (Å²) in [6, 6.07) is 30.7. The number of carboxylic acids is 1. The number of aromatic carboxylic acids is 1. The second kappa shape index (κ2) is 9.71. The Morgan fingerprint density at radius 1 is 0.697 bits per heavy atom. The molecule has 0 amide bonds. The molecule has 0 saturated heterocycles. The smallest absolute Gasteiger partial charge is 0.335 e. The first-order valence-corrected chi connectivity index (χ1v) is 12.0. The van der Waals surface area contributed by atoms with E-state index in [9.17, 15) is 13.2 Å². The van der Waals surface area contributed by atoms with Crippen LogP contribution in [-0.4, -0.2) is 19.5 Å². The normalized spacial score (nSPS) is 11.2. The summed E-state index contributed by atoms with van der Waals surface area (Å²) < 4.78 is 28.4. The van der Waals surface area contributed by atoms with Gasteiger partial charge < -0.3 is 5.11 Å². The monoisotopic (exact) mass is 457 g/mol. The van der Waals surface area contributed by atoms with Gasteiger partial charge in [0, 0.05) is 5.69 Å². The molecular formula is C27H23NO4S. The van der Waals surface area contributed by atoms with Crippen LogP contribution in [0.15, 0.2) is 108 Å². The summed E-state index contributed by atoms with van der Waals surface area (Å²) in [5.41, 5.74) is 4.58. The molecule has 4 rings (SSSR count). The zero-order valence-electron chi connectivity index (χ0n) is 17.8. The molecule has 0 aliphatic carbocycles. The minimum atomic E-state index is -3.73. The maximum Gasteiger partial charge on any atom is 0.335 e. The quantitative estimate of drug-likeness (QED) is 0.359. The number of aryl methyl sites for hydroxylation is 2. The minimum absolute atomic E-state index is 0.193. The molecule has 0 radical (unpaired) electrons. The highest BCUT2D eigenvalue weighted by molar-refractivity contribution is 7.92. The molecule has 0 aromatic heterocycles. The minimum Gasteiger partial charge on any atom is -0.478 e. The van der Waals surface area contributed by atoms with E-state index in [1.807, 2.05) is 42.5 Å². The van der Waals surface area contributed by atoms with E-state index in [0.717, 1.165) is 22.3 Å². The van der Waals surface area contributed by atoms with Gasteiger partial charge in [-0.25, -0.2) is 13.2 Å². The molecule has 0 bridgehead atoms. The molecule has 0 aliphatic rings. The Morgan fingerprint density at radius 2 is 1.30 bits per heavy atom. The number of hydrogen-bond donors (Lipinski definition) is 2. The fourth-order valence-corrected chi connectivity index (χ4v) is 4.66. The number of nitrogens with one attached hydrogen (secondary N) is 1. The van der Waals surface area contributed by atoms with Crippen LogP contribution >= 0.6 is 0 Å². The lowest BCUT2D eigenvalue weighted by molar-refractivity contribution is 0.0696. The lowest BCUT2D eigenvalue weighted by atomic mass is 10.0. The average molecular weight is 458 g/mol. The molecule has 0 fully saturated rings. The van der Waals surface area contributed by atoms with Crippen LogP contribution in [0.2, 0.25) is 0 Å². The predicted molar refractivity (Wildman–Crippen MR) is 130 cm³/mol. The second-order valence-corrected chi connectivity index (χ2v) is 9.38. The van der Waals surface area contributed by atoms with Crippen molar-refractivity contribution < 1.29 is 18.3 Å². The van der Waals surface area contributed by atoms with Gasteiger partial charge in [-0.15, -0.1) is 0 Å². The maximum atomic E-state index is 12.9. The zero-order chi connectivity index (χ0) is 23.3. The Bertz CT molecular complexity index is 1360. The van der Waals surface area contributed by atoms with Crippen LogP contribution in [0, 0.1) is 0 Å². The summed E-state index contributed by atoms with van der Waals surface area (Å²) in [5, 5.41) is 9.14. The Labute approximate surface area is 193 Å². The number of benzene rings is 4. The van der Waals surface area contributed by atoms with Gasteiger partial charge in [-0.3, -0.25) is 4.72 Å². The van der Waals surface area contributed by atoms with E-state index in [1.165, 1.54) is 0 Å². The molecule has 0 atom stereocenters. The summed E-state index contributed by atoms with van der Waals surface area (Å²) >= 11 is 0. The largest absolute Gasteiger partial charge is 0.478 e. The van der Waals surface area contributed by atoms with Gasteiger partial charge in [0.2, 0.25) is 0 Å². The molecule has 0 unspecified atom stereocenters. The van der Waals surface area contributed by atoms with Crippen molar-refractivity contribution in [1.29, 1.82) is 0 Å². The number of anilines is 1. The number of sulfonamides is 1. The molecule has 166 valence electrons. The van der Waals surface area contributed by atoms with Gasteiger partial charge >= 0.3 is 5.97 Å². The molecule has 5 nitrogen and oxygen atoms in total. The summed E-state index contributed by atoms with van der Waals surface area (Å²) in [6.45, 7) is 0. The van der Waals surface area contributed by atoms with Crippen molar-refractivity contribution in [2.75, 3.05) is 4.72 Å². The Morgan fingerprint density at radius 3 is 1.97 bits per heavy atom. The van der Waals surface area contributed by atoms with Crippen LogP contribution in [0.25, 0.3) is 11.1 Å². The summed E-state index contributed by atoms with van der Waals surface area (Å²) in [6.07, 6.45) is 1.31. The third kappa shape index (κ3) is 5.67. The van der Waals surface area contributed by atoms with Crippen molar-refractivity contribution >= 4 is 21.7 Å². The molecule has 2 N–H and O–H groups in total. The molecule has 4 aromatic carbocycles. The van der Waals surface area contributed by atoms with E-state index in [0.29, 0.717) is 18.5 Å². The summed E-state index contributed by atoms with van der Waals surface area (Å²) in [5.74, 6) is -0.954. The highest BCUT2D eigenvalue weighted by atomic mass is 32.2. The molecule has 0 aliphatic heterocycles. The third-order valence-corrected chi connectivity index (χ3v) is 6.72. The van der Waals surface area contributed by atoms with E-state index in [-0.39, 0.29) is 10.5 Å². The SMILES string of the molecule is O=C(O)c1cccc(CCc2cccc(NS(=O)(=O)c3ccc(-c4ccccc4)cc3)c2)c1. The Kier molecular flexibility index (Phi) is 6.56. The van der Waals surface area contributed by atoms with Crippen molar-refractivity contribution in [3.8, 4) is 11.1 Å². The molecule has 6 heteroatoms. The molecule has 0 heterocycles. The highest BCUT2D eigenvalue weighted by Crippen LogP contribution is 2.23. The van der Waals surface area contributed by atoms with Crippen LogP contribution in [-0.2, 0) is 22.9 Å². The topological polar surface area (TPSA) is 83.5 Å². The van der Waals surface area contributed by atoms with E-state index in [2.05, 4.69) is 4.72 Å². The van der Waals surface area contributed by atoms with Crippen molar-refractivity contribution in [2.45, 2.75) is 17.7 Å². The van der Waals surface area contributed by atoms with Gasteiger partial charge in [-0.2, -0.15) is 0 Å². The van der Waals surface area contributed by atoms with Gasteiger partial charge in [0.25, 0.3) is 10.0 Å². The molecule has 0 saturated carbocycles. The van der Waals surface area contributed by atoms with Crippen LogP contribution < -0.4 is 4.72 Å². The maximum absolute atomic E-state index is 12.9. The van der Waals surface area contributed by atoms with Gasteiger partial charge in [-0.1, -0.05) is 66.7 Å². The number of hydrogen-bond acceptors (Lipinski definition) is 3. The molecule has 4 aromatic rings. The lowest BCUT2D eigenvalue weighted by Gasteiger charge is -2.11. The van der Waals surface area contributed by atoms with Crippen LogP contribution in [0.3, 0.4) is 0 Å².